The highest BCUT2D eigenvalue weighted by molar-refractivity contribution is 7.92. The number of nitrogens with zero attached hydrogens (tertiary/aromatic N) is 3. The zero-order valence-electron chi connectivity index (χ0n) is 18.0. The summed E-state index contributed by atoms with van der Waals surface area (Å²) in [4.78, 5) is 9.71. The predicted octanol–water partition coefficient (Wildman–Crippen LogP) is 5.01. The number of hydrogen-bond acceptors (Lipinski definition) is 7. The first-order chi connectivity index (χ1) is 16.4. The number of aromatic amines is 1. The van der Waals surface area contributed by atoms with Crippen LogP contribution in [0.3, 0.4) is 0 Å². The predicted molar refractivity (Wildman–Crippen MR) is 129 cm³/mol. The van der Waals surface area contributed by atoms with Crippen molar-refractivity contribution in [3.8, 4) is 27.6 Å². The Balaban J connectivity index is 1.52. The quantitative estimate of drug-likeness (QED) is 0.343. The van der Waals surface area contributed by atoms with Gasteiger partial charge in [-0.15, -0.1) is 0 Å². The second-order valence-corrected chi connectivity index (χ2v) is 10.0. The van der Waals surface area contributed by atoms with Crippen LogP contribution in [-0.4, -0.2) is 35.7 Å². The molecule has 11 heteroatoms. The Hall–Kier alpha value is -3.83. The Bertz CT molecular complexity index is 1620. The van der Waals surface area contributed by atoms with E-state index in [1.165, 1.54) is 24.5 Å². The molecule has 0 aliphatic rings. The van der Waals surface area contributed by atoms with Crippen LogP contribution >= 0.6 is 11.3 Å². The molecule has 172 valence electrons. The van der Waals surface area contributed by atoms with E-state index in [4.69, 9.17) is 9.72 Å². The standard InChI is InChI=1S/C23H18FN5O3S2/c1-13-16(22-27-19-10-14(12-25-23(19)33-22)18-8-9-26-28-18)4-3-5-17(13)29-34(30,31)21-11-15(24)6-7-20(21)32-2/h3-12,29H,1-2H3,(H,26,28). The van der Waals surface area contributed by atoms with E-state index in [1.54, 1.807) is 31.5 Å². The third-order valence-electron chi connectivity index (χ3n) is 5.28. The van der Waals surface area contributed by atoms with Crippen molar-refractivity contribution in [1.82, 2.24) is 20.2 Å². The fourth-order valence-electron chi connectivity index (χ4n) is 3.54. The van der Waals surface area contributed by atoms with Gasteiger partial charge in [0.25, 0.3) is 10.0 Å². The molecule has 2 aromatic carbocycles. The van der Waals surface area contributed by atoms with Gasteiger partial charge in [-0.05, 0) is 48.9 Å². The smallest absolute Gasteiger partial charge is 0.265 e. The van der Waals surface area contributed by atoms with Crippen molar-refractivity contribution in [2.24, 2.45) is 0 Å². The topological polar surface area (TPSA) is 110 Å². The number of ether oxygens (including phenoxy) is 1. The summed E-state index contributed by atoms with van der Waals surface area (Å²) >= 11 is 1.41. The number of nitrogens with one attached hydrogen (secondary N) is 2. The summed E-state index contributed by atoms with van der Waals surface area (Å²) in [7, 11) is -2.78. The van der Waals surface area contributed by atoms with Gasteiger partial charge in [-0.2, -0.15) is 5.10 Å². The molecule has 8 nitrogen and oxygen atoms in total. The van der Waals surface area contributed by atoms with Crippen LogP contribution in [0, 0.1) is 12.7 Å². The Morgan fingerprint density at radius 3 is 2.76 bits per heavy atom. The Morgan fingerprint density at radius 2 is 2.00 bits per heavy atom. The SMILES string of the molecule is COc1ccc(F)cc1S(=O)(=O)Nc1cccc(-c2nc3cc(-c4ccn[nH]4)cnc3s2)c1C. The van der Waals surface area contributed by atoms with Crippen LogP contribution in [0.25, 0.3) is 32.2 Å². The van der Waals surface area contributed by atoms with E-state index in [2.05, 4.69) is 19.9 Å². The highest BCUT2D eigenvalue weighted by Gasteiger charge is 2.22. The fourth-order valence-corrected chi connectivity index (χ4v) is 5.82. The molecule has 3 aromatic heterocycles. The summed E-state index contributed by atoms with van der Waals surface area (Å²) in [6, 6.07) is 12.4. The number of benzene rings is 2. The molecule has 0 aliphatic carbocycles. The number of pyridine rings is 1. The average molecular weight is 496 g/mol. The normalized spacial score (nSPS) is 11.6. The van der Waals surface area contributed by atoms with Crippen LogP contribution in [-0.2, 0) is 10.0 Å². The molecular weight excluding hydrogens is 477 g/mol. The van der Waals surface area contributed by atoms with Crippen LogP contribution in [0.5, 0.6) is 5.75 Å². The van der Waals surface area contributed by atoms with E-state index in [9.17, 15) is 12.8 Å². The first kappa shape index (κ1) is 22.0. The minimum atomic E-state index is -4.11. The maximum absolute atomic E-state index is 13.8. The summed E-state index contributed by atoms with van der Waals surface area (Å²) in [6.45, 7) is 1.80. The fraction of sp³-hybridized carbons (Fsp3) is 0.0870. The number of thiazole rings is 1. The molecule has 0 saturated carbocycles. The first-order valence-corrected chi connectivity index (χ1v) is 12.4. The molecule has 3 heterocycles. The van der Waals surface area contributed by atoms with Gasteiger partial charge >= 0.3 is 0 Å². The molecule has 5 rings (SSSR count). The highest BCUT2D eigenvalue weighted by Crippen LogP contribution is 2.36. The lowest BCUT2D eigenvalue weighted by atomic mass is 10.1. The van der Waals surface area contributed by atoms with Crippen molar-refractivity contribution < 1.29 is 17.5 Å². The number of rotatable bonds is 6. The van der Waals surface area contributed by atoms with Gasteiger partial charge in [-0.3, -0.25) is 9.82 Å². The monoisotopic (exact) mass is 495 g/mol. The lowest BCUT2D eigenvalue weighted by Gasteiger charge is -2.14. The number of methoxy groups -OCH3 is 1. The number of hydrogen-bond donors (Lipinski definition) is 2. The van der Waals surface area contributed by atoms with Gasteiger partial charge in [0, 0.05) is 23.5 Å². The molecule has 0 atom stereocenters. The molecule has 0 spiro atoms. The van der Waals surface area contributed by atoms with Crippen molar-refractivity contribution in [1.29, 1.82) is 0 Å². The first-order valence-electron chi connectivity index (χ1n) is 10.1. The molecule has 0 radical (unpaired) electrons. The van der Waals surface area contributed by atoms with E-state index < -0.39 is 15.8 Å². The van der Waals surface area contributed by atoms with E-state index in [-0.39, 0.29) is 10.6 Å². The maximum atomic E-state index is 13.8. The van der Waals surface area contributed by atoms with Crippen molar-refractivity contribution >= 4 is 37.4 Å². The number of aromatic nitrogens is 4. The number of halogens is 1. The van der Waals surface area contributed by atoms with Crippen LogP contribution in [0.1, 0.15) is 5.56 Å². The molecule has 0 fully saturated rings. The lowest BCUT2D eigenvalue weighted by Crippen LogP contribution is -2.15. The van der Waals surface area contributed by atoms with Crippen LogP contribution in [0.2, 0.25) is 0 Å². The number of H-pyrrole nitrogens is 1. The summed E-state index contributed by atoms with van der Waals surface area (Å²) in [6.07, 6.45) is 3.42. The molecule has 0 bridgehead atoms. The Kier molecular flexibility index (Phi) is 5.50. The van der Waals surface area contributed by atoms with Crippen LogP contribution in [0.15, 0.2) is 65.8 Å². The average Bonchev–Trinajstić information content (AvgIpc) is 3.50. The molecule has 0 unspecified atom stereocenters. The van der Waals surface area contributed by atoms with Gasteiger partial charge < -0.3 is 4.74 Å². The molecule has 0 saturated heterocycles. The molecule has 5 aromatic rings. The third kappa shape index (κ3) is 3.99. The zero-order chi connectivity index (χ0) is 23.9. The Labute approximate surface area is 198 Å². The summed E-state index contributed by atoms with van der Waals surface area (Å²) in [5.74, 6) is -0.629. The van der Waals surface area contributed by atoms with Crippen molar-refractivity contribution in [2.45, 2.75) is 11.8 Å². The third-order valence-corrected chi connectivity index (χ3v) is 7.68. The van der Waals surface area contributed by atoms with Gasteiger partial charge in [0.1, 0.15) is 31.8 Å². The van der Waals surface area contributed by atoms with Gasteiger partial charge in [-0.1, -0.05) is 23.5 Å². The highest BCUT2D eigenvalue weighted by atomic mass is 32.2. The van der Waals surface area contributed by atoms with E-state index in [1.807, 2.05) is 18.2 Å². The minimum Gasteiger partial charge on any atom is -0.495 e. The van der Waals surface area contributed by atoms with E-state index >= 15 is 0 Å². The molecule has 0 amide bonds. The number of sulfonamides is 1. The largest absolute Gasteiger partial charge is 0.495 e. The van der Waals surface area contributed by atoms with Gasteiger partial charge in [0.05, 0.1) is 18.5 Å². The van der Waals surface area contributed by atoms with Crippen LogP contribution < -0.4 is 9.46 Å². The Morgan fingerprint density at radius 1 is 1.15 bits per heavy atom. The summed E-state index contributed by atoms with van der Waals surface area (Å²) < 4.78 is 47.5. The van der Waals surface area contributed by atoms with Gasteiger partial charge in [0.2, 0.25) is 0 Å². The zero-order valence-corrected chi connectivity index (χ0v) is 19.7. The molecule has 34 heavy (non-hydrogen) atoms. The van der Waals surface area contributed by atoms with Gasteiger partial charge in [0.15, 0.2) is 0 Å². The van der Waals surface area contributed by atoms with Crippen molar-refractivity contribution in [3.63, 3.8) is 0 Å². The second-order valence-electron chi connectivity index (χ2n) is 7.42. The number of fused-ring (bicyclic) bond motifs is 1. The van der Waals surface area contributed by atoms with Crippen molar-refractivity contribution in [3.05, 3.63) is 72.3 Å². The lowest BCUT2D eigenvalue weighted by molar-refractivity contribution is 0.401. The number of anilines is 1. The van der Waals surface area contributed by atoms with Crippen LogP contribution in [0.4, 0.5) is 10.1 Å². The molecule has 0 aliphatic heterocycles. The van der Waals surface area contributed by atoms with Crippen molar-refractivity contribution in [2.75, 3.05) is 11.8 Å². The van der Waals surface area contributed by atoms with Gasteiger partial charge in [-0.25, -0.2) is 22.8 Å². The minimum absolute atomic E-state index is 0.0491. The van der Waals surface area contributed by atoms with E-state index in [0.717, 1.165) is 39.3 Å². The second kappa shape index (κ2) is 8.50. The molecular formula is C23H18FN5O3S2. The summed E-state index contributed by atoms with van der Waals surface area (Å²) in [5.41, 5.74) is 4.22. The summed E-state index contributed by atoms with van der Waals surface area (Å²) in [5, 5.41) is 7.57. The van der Waals surface area contributed by atoms with E-state index in [0.29, 0.717) is 16.3 Å². The maximum Gasteiger partial charge on any atom is 0.265 e. The molecule has 2 N–H and O–H groups in total.